The highest BCUT2D eigenvalue weighted by atomic mass is 19.1. The first kappa shape index (κ1) is 22.1. The van der Waals surface area contributed by atoms with Gasteiger partial charge in [-0.25, -0.2) is 4.39 Å². The molecule has 0 saturated heterocycles. The van der Waals surface area contributed by atoms with Gasteiger partial charge >= 0.3 is 11.8 Å². The molecular formula is C23H27FN4O3. The SMILES string of the molecule is C=C(NNC(=O)C(=O)Nc1ccc(OC2CCC(C)CC2)cc1F)Nc1ccccc1. The van der Waals surface area contributed by atoms with Crippen molar-refractivity contribution in [1.29, 1.82) is 0 Å². The van der Waals surface area contributed by atoms with Gasteiger partial charge < -0.3 is 15.4 Å². The van der Waals surface area contributed by atoms with Crippen molar-refractivity contribution in [2.75, 3.05) is 10.6 Å². The number of carbonyl (C=O) groups is 2. The summed E-state index contributed by atoms with van der Waals surface area (Å²) in [6.45, 7) is 5.92. The minimum Gasteiger partial charge on any atom is -0.490 e. The van der Waals surface area contributed by atoms with Crippen LogP contribution in [-0.4, -0.2) is 17.9 Å². The molecule has 1 saturated carbocycles. The molecule has 2 aromatic rings. The smallest absolute Gasteiger partial charge is 0.327 e. The van der Waals surface area contributed by atoms with Gasteiger partial charge in [0.15, 0.2) is 0 Å². The molecule has 1 aliphatic carbocycles. The molecule has 2 aromatic carbocycles. The zero-order chi connectivity index (χ0) is 22.2. The fraction of sp³-hybridized carbons (Fsp3) is 0.304. The molecule has 0 aromatic heterocycles. The van der Waals surface area contributed by atoms with Gasteiger partial charge in [-0.2, -0.15) is 0 Å². The topological polar surface area (TPSA) is 91.5 Å². The Balaban J connectivity index is 1.46. The largest absolute Gasteiger partial charge is 0.490 e. The second kappa shape index (κ2) is 10.5. The number of rotatable bonds is 7. The summed E-state index contributed by atoms with van der Waals surface area (Å²) in [5.41, 5.74) is 5.34. The van der Waals surface area contributed by atoms with Crippen molar-refractivity contribution in [1.82, 2.24) is 10.9 Å². The Bertz CT molecular complexity index is 928. The van der Waals surface area contributed by atoms with Crippen molar-refractivity contribution in [2.24, 2.45) is 5.92 Å². The number of hydrazine groups is 1. The number of ether oxygens (including phenoxy) is 1. The van der Waals surface area contributed by atoms with E-state index in [1.54, 1.807) is 6.07 Å². The average molecular weight is 426 g/mol. The van der Waals surface area contributed by atoms with Gasteiger partial charge in [-0.15, -0.1) is 0 Å². The Labute approximate surface area is 181 Å². The van der Waals surface area contributed by atoms with Gasteiger partial charge in [-0.3, -0.25) is 20.4 Å². The summed E-state index contributed by atoms with van der Waals surface area (Å²) in [6.07, 6.45) is 4.15. The highest BCUT2D eigenvalue weighted by Gasteiger charge is 2.20. The molecule has 0 aliphatic heterocycles. The highest BCUT2D eigenvalue weighted by molar-refractivity contribution is 6.39. The molecule has 7 nitrogen and oxygen atoms in total. The van der Waals surface area contributed by atoms with E-state index >= 15 is 0 Å². The standard InChI is InChI=1S/C23H27FN4O3/c1-15-8-10-18(11-9-15)31-19-12-13-21(20(24)14-19)26-22(29)23(30)28-27-16(2)25-17-6-4-3-5-7-17/h3-7,12-15,18,25,27H,2,8-11H2,1H3,(H,26,29)(H,28,30). The van der Waals surface area contributed by atoms with Gasteiger partial charge in [-0.1, -0.05) is 31.7 Å². The molecule has 0 unspecified atom stereocenters. The summed E-state index contributed by atoms with van der Waals surface area (Å²) in [4.78, 5) is 24.0. The van der Waals surface area contributed by atoms with E-state index in [1.807, 2.05) is 30.3 Å². The third-order valence-corrected chi connectivity index (χ3v) is 5.06. The summed E-state index contributed by atoms with van der Waals surface area (Å²) in [5, 5.41) is 5.16. The lowest BCUT2D eigenvalue weighted by atomic mass is 9.89. The van der Waals surface area contributed by atoms with Crippen LogP contribution >= 0.6 is 0 Å². The maximum absolute atomic E-state index is 14.4. The van der Waals surface area contributed by atoms with E-state index in [0.717, 1.165) is 31.4 Å². The van der Waals surface area contributed by atoms with Crippen molar-refractivity contribution in [3.63, 3.8) is 0 Å². The van der Waals surface area contributed by atoms with Crippen LogP contribution in [0.4, 0.5) is 15.8 Å². The average Bonchev–Trinajstić information content (AvgIpc) is 2.76. The first-order chi connectivity index (χ1) is 14.9. The van der Waals surface area contributed by atoms with Crippen LogP contribution in [0, 0.1) is 11.7 Å². The fourth-order valence-electron chi connectivity index (χ4n) is 3.31. The van der Waals surface area contributed by atoms with Gasteiger partial charge in [0.1, 0.15) is 17.4 Å². The summed E-state index contributed by atoms with van der Waals surface area (Å²) in [6, 6.07) is 13.3. The molecule has 2 amide bonds. The molecule has 31 heavy (non-hydrogen) atoms. The van der Waals surface area contributed by atoms with Crippen LogP contribution in [0.3, 0.4) is 0 Å². The van der Waals surface area contributed by atoms with E-state index < -0.39 is 17.6 Å². The first-order valence-electron chi connectivity index (χ1n) is 10.2. The van der Waals surface area contributed by atoms with E-state index in [1.165, 1.54) is 12.1 Å². The number of carbonyl (C=O) groups excluding carboxylic acids is 2. The number of anilines is 2. The molecule has 1 aliphatic rings. The summed E-state index contributed by atoms with van der Waals surface area (Å²) >= 11 is 0. The van der Waals surface area contributed by atoms with E-state index in [-0.39, 0.29) is 17.6 Å². The van der Waals surface area contributed by atoms with Crippen molar-refractivity contribution in [3.8, 4) is 5.75 Å². The number of benzene rings is 2. The van der Waals surface area contributed by atoms with Crippen LogP contribution in [0.25, 0.3) is 0 Å². The lowest BCUT2D eigenvalue weighted by Crippen LogP contribution is -2.44. The summed E-state index contributed by atoms with van der Waals surface area (Å²) in [5.74, 6) is -1.32. The van der Waals surface area contributed by atoms with E-state index in [0.29, 0.717) is 11.7 Å². The molecule has 3 rings (SSSR count). The van der Waals surface area contributed by atoms with E-state index in [2.05, 4.69) is 35.0 Å². The van der Waals surface area contributed by atoms with Gasteiger partial charge in [0.05, 0.1) is 11.8 Å². The Morgan fingerprint density at radius 3 is 2.35 bits per heavy atom. The maximum Gasteiger partial charge on any atom is 0.327 e. The molecular weight excluding hydrogens is 399 g/mol. The number of halogens is 1. The predicted octanol–water partition coefficient (Wildman–Crippen LogP) is 3.93. The van der Waals surface area contributed by atoms with E-state index in [9.17, 15) is 14.0 Å². The second-order valence-corrected chi connectivity index (χ2v) is 7.64. The Hall–Kier alpha value is -3.55. The van der Waals surface area contributed by atoms with Crippen molar-refractivity contribution in [2.45, 2.75) is 38.7 Å². The third-order valence-electron chi connectivity index (χ3n) is 5.06. The van der Waals surface area contributed by atoms with Gasteiger partial charge in [0.2, 0.25) is 0 Å². The molecule has 0 spiro atoms. The number of hydrogen-bond acceptors (Lipinski definition) is 5. The van der Waals surface area contributed by atoms with Crippen molar-refractivity contribution < 1.29 is 18.7 Å². The second-order valence-electron chi connectivity index (χ2n) is 7.64. The zero-order valence-corrected chi connectivity index (χ0v) is 17.4. The zero-order valence-electron chi connectivity index (χ0n) is 17.4. The number of amides is 2. The predicted molar refractivity (Wildman–Crippen MR) is 118 cm³/mol. The van der Waals surface area contributed by atoms with Crippen LogP contribution in [0.15, 0.2) is 60.9 Å². The van der Waals surface area contributed by atoms with Gasteiger partial charge in [0.25, 0.3) is 0 Å². The van der Waals surface area contributed by atoms with Crippen molar-refractivity contribution >= 4 is 23.2 Å². The fourth-order valence-corrected chi connectivity index (χ4v) is 3.31. The first-order valence-corrected chi connectivity index (χ1v) is 10.2. The number of hydrogen-bond donors (Lipinski definition) is 4. The molecule has 4 N–H and O–H groups in total. The van der Waals surface area contributed by atoms with Crippen LogP contribution in [0.2, 0.25) is 0 Å². The van der Waals surface area contributed by atoms with Crippen molar-refractivity contribution in [3.05, 3.63) is 66.7 Å². The Morgan fingerprint density at radius 1 is 0.968 bits per heavy atom. The van der Waals surface area contributed by atoms with Crippen LogP contribution in [0.5, 0.6) is 5.75 Å². The quantitative estimate of drug-likeness (QED) is 0.398. The minimum atomic E-state index is -1.02. The Kier molecular flexibility index (Phi) is 7.48. The van der Waals surface area contributed by atoms with Gasteiger partial charge in [0, 0.05) is 11.8 Å². The molecule has 1 fully saturated rings. The summed E-state index contributed by atoms with van der Waals surface area (Å²) in [7, 11) is 0. The van der Waals surface area contributed by atoms with Crippen LogP contribution < -0.4 is 26.2 Å². The summed E-state index contributed by atoms with van der Waals surface area (Å²) < 4.78 is 20.2. The monoisotopic (exact) mass is 426 g/mol. The lowest BCUT2D eigenvalue weighted by molar-refractivity contribution is -0.136. The molecule has 0 heterocycles. The van der Waals surface area contributed by atoms with E-state index in [4.69, 9.17) is 4.74 Å². The normalized spacial score (nSPS) is 17.9. The number of para-hydroxylation sites is 1. The third kappa shape index (κ3) is 6.74. The highest BCUT2D eigenvalue weighted by Crippen LogP contribution is 2.28. The molecule has 0 radical (unpaired) electrons. The molecule has 0 bridgehead atoms. The lowest BCUT2D eigenvalue weighted by Gasteiger charge is -2.27. The number of nitrogens with one attached hydrogen (secondary N) is 4. The molecule has 0 atom stereocenters. The maximum atomic E-state index is 14.4. The molecule has 8 heteroatoms. The Morgan fingerprint density at radius 2 is 1.68 bits per heavy atom. The minimum absolute atomic E-state index is 0.0745. The van der Waals surface area contributed by atoms with Crippen LogP contribution in [0.1, 0.15) is 32.6 Å². The van der Waals surface area contributed by atoms with Crippen LogP contribution in [-0.2, 0) is 9.59 Å². The molecule has 164 valence electrons. The van der Waals surface area contributed by atoms with Gasteiger partial charge in [-0.05, 0) is 55.9 Å².